The van der Waals surface area contributed by atoms with Crippen molar-refractivity contribution in [1.29, 1.82) is 0 Å². The zero-order valence-corrected chi connectivity index (χ0v) is 28.9. The number of halogens is 1. The molecule has 1 aromatic rings. The Hall–Kier alpha value is 0.200. The number of carbonyl (C=O) groups excluding carboxylic acids is 1. The number of nitrogens with one attached hydrogen (secondary N) is 1. The third-order valence-electron chi connectivity index (χ3n) is 12.1. The zero-order valence-electron chi connectivity index (χ0n) is 24.4. The Bertz CT molecular complexity index is 1090. The molecule has 1 aromatic carbocycles. The lowest BCUT2D eigenvalue weighted by molar-refractivity contribution is -0.178. The van der Waals surface area contributed by atoms with Crippen molar-refractivity contribution in [1.82, 2.24) is 5.32 Å². The van der Waals surface area contributed by atoms with Crippen LogP contribution in [0, 0.1) is 34.5 Å². The number of amides is 1. The predicted octanol–water partition coefficient (Wildman–Crippen LogP) is 6.18. The lowest BCUT2D eigenvalue weighted by Gasteiger charge is -2.68. The number of alkyl halides is 1. The largest absolute Gasteiger partial charge is 0.387 e. The minimum atomic E-state index is -0.662. The Labute approximate surface area is 254 Å². The molecule has 7 heteroatoms. The number of benzene rings is 1. The van der Waals surface area contributed by atoms with Gasteiger partial charge in [-0.3, -0.25) is 4.79 Å². The predicted molar refractivity (Wildman–Crippen MR) is 177 cm³/mol. The molecule has 4 nitrogen and oxygen atoms in total. The van der Waals surface area contributed by atoms with Gasteiger partial charge in [-0.25, -0.2) is 0 Å². The summed E-state index contributed by atoms with van der Waals surface area (Å²) >= 11 is 2.76. The van der Waals surface area contributed by atoms with Gasteiger partial charge in [-0.2, -0.15) is 0 Å². The summed E-state index contributed by atoms with van der Waals surface area (Å²) in [6.45, 7) is 10.6. The summed E-state index contributed by atoms with van der Waals surface area (Å²) in [5.74, 6) is 2.72. The van der Waals surface area contributed by atoms with E-state index in [2.05, 4.69) is 67.2 Å². The van der Waals surface area contributed by atoms with Crippen molar-refractivity contribution in [3.05, 3.63) is 23.8 Å². The summed E-state index contributed by atoms with van der Waals surface area (Å²) in [5, 5.41) is 16.9. The summed E-state index contributed by atoms with van der Waals surface area (Å²) in [6, 6.07) is 6.13. The van der Waals surface area contributed by atoms with Crippen molar-refractivity contribution >= 4 is 57.6 Å². The molecule has 0 saturated heterocycles. The second-order valence-electron chi connectivity index (χ2n) is 14.0. The molecule has 0 spiro atoms. The maximum atomic E-state index is 13.4. The van der Waals surface area contributed by atoms with Crippen LogP contribution in [0.2, 0.25) is 0 Å². The van der Waals surface area contributed by atoms with Crippen LogP contribution in [0.5, 0.6) is 0 Å². The first-order valence-electron chi connectivity index (χ1n) is 15.3. The first-order valence-corrected chi connectivity index (χ1v) is 17.5. The zero-order chi connectivity index (χ0) is 28.2. The summed E-state index contributed by atoms with van der Waals surface area (Å²) < 4.78 is 5.91. The van der Waals surface area contributed by atoms with Crippen LogP contribution in [-0.4, -0.2) is 39.3 Å². The van der Waals surface area contributed by atoms with E-state index in [4.69, 9.17) is 4.74 Å². The average molecular weight is 686 g/mol. The molecule has 1 amide bonds. The Morgan fingerprint density at radius 1 is 1.10 bits per heavy atom. The van der Waals surface area contributed by atoms with E-state index in [1.165, 1.54) is 44.9 Å². The molecule has 5 rings (SSSR count). The van der Waals surface area contributed by atoms with Crippen molar-refractivity contribution in [3.8, 4) is 0 Å². The highest BCUT2D eigenvalue weighted by molar-refractivity contribution is 14.1. The minimum absolute atomic E-state index is 0.0520. The van der Waals surface area contributed by atoms with Gasteiger partial charge in [-0.05, 0) is 129 Å². The molecular weight excluding hydrogens is 635 g/mol. The number of carbonyl (C=O) groups is 1. The van der Waals surface area contributed by atoms with Crippen molar-refractivity contribution in [2.45, 2.75) is 107 Å². The van der Waals surface area contributed by atoms with Gasteiger partial charge in [0.25, 0.3) is 5.91 Å². The van der Waals surface area contributed by atoms with Gasteiger partial charge in [0.05, 0.1) is 12.2 Å². The molecule has 0 bridgehead atoms. The van der Waals surface area contributed by atoms with E-state index < -0.39 is 5.60 Å². The molecule has 4 aliphatic rings. The lowest BCUT2D eigenvalue weighted by Crippen LogP contribution is -2.64. The molecule has 2 N–H and O–H groups in total. The monoisotopic (exact) mass is 685 g/mol. The SMILES string of the molecule is CCOC[C@@]1(O)CC[C@@H]2C3CC[C@]4(C)C([C@H](C)NC(=O)c5ccc(P)cc5P)CCC[C@@]4(C)[C@@H]3CC[C@]2(I)C1. The average Bonchev–Trinajstić information content (AvgIpc) is 2.86. The van der Waals surface area contributed by atoms with E-state index in [0.29, 0.717) is 30.5 Å². The molecule has 4 unspecified atom stereocenters. The molecule has 0 aromatic heterocycles. The highest BCUT2D eigenvalue weighted by Gasteiger charge is 2.64. The number of rotatable bonds is 6. The van der Waals surface area contributed by atoms with Crippen LogP contribution in [0.4, 0.5) is 0 Å². The van der Waals surface area contributed by atoms with Crippen molar-refractivity contribution < 1.29 is 14.6 Å². The van der Waals surface area contributed by atoms with Crippen molar-refractivity contribution in [2.75, 3.05) is 13.2 Å². The fourth-order valence-corrected chi connectivity index (χ4v) is 12.7. The molecule has 4 saturated carbocycles. The molecule has 11 atom stereocenters. The first-order chi connectivity index (χ1) is 18.4. The highest BCUT2D eigenvalue weighted by Crippen LogP contribution is 2.71. The van der Waals surface area contributed by atoms with Gasteiger partial charge >= 0.3 is 0 Å². The normalized spacial score (nSPS) is 42.6. The number of hydrogen-bond acceptors (Lipinski definition) is 3. The highest BCUT2D eigenvalue weighted by atomic mass is 127. The van der Waals surface area contributed by atoms with Crippen LogP contribution < -0.4 is 15.9 Å². The molecular formula is C32H50INO3P2. The molecule has 4 aliphatic carbocycles. The van der Waals surface area contributed by atoms with Gasteiger partial charge in [0.2, 0.25) is 0 Å². The van der Waals surface area contributed by atoms with Crippen LogP contribution in [0.15, 0.2) is 18.2 Å². The van der Waals surface area contributed by atoms with Crippen LogP contribution >= 0.6 is 41.1 Å². The topological polar surface area (TPSA) is 58.6 Å². The molecule has 0 radical (unpaired) electrons. The van der Waals surface area contributed by atoms with E-state index in [0.717, 1.165) is 47.3 Å². The van der Waals surface area contributed by atoms with Gasteiger partial charge in [-0.1, -0.05) is 48.9 Å². The standard InChI is InChI=1S/C32H50INO3P2/c1-5-37-19-31(36)15-11-26-22-10-14-30(4)24(20(2)34-28(35)23-9-8-21(38)17-27(23)39)7-6-13-29(30,3)25(22)12-16-32(26,33)18-31/h8-9,17,20,22,24-26,36H,5-7,10-16,18-19,38-39H2,1-4H3,(H,34,35)/t20-,22?,24?,25+,26+,29-,30+,31+,32-/m0/s1. The molecule has 39 heavy (non-hydrogen) atoms. The van der Waals surface area contributed by atoms with Crippen LogP contribution in [0.25, 0.3) is 0 Å². The van der Waals surface area contributed by atoms with E-state index in [1.807, 2.05) is 25.1 Å². The van der Waals surface area contributed by atoms with Crippen molar-refractivity contribution in [3.63, 3.8) is 0 Å². The Kier molecular flexibility index (Phi) is 8.93. The minimum Gasteiger partial charge on any atom is -0.387 e. The third kappa shape index (κ3) is 5.41. The number of ether oxygens (including phenoxy) is 1. The van der Waals surface area contributed by atoms with E-state index >= 15 is 0 Å². The third-order valence-corrected chi connectivity index (χ3v) is 14.7. The van der Waals surface area contributed by atoms with Gasteiger partial charge in [0, 0.05) is 21.6 Å². The van der Waals surface area contributed by atoms with Crippen LogP contribution in [0.1, 0.15) is 102 Å². The van der Waals surface area contributed by atoms with E-state index in [1.54, 1.807) is 0 Å². The lowest BCUT2D eigenvalue weighted by atomic mass is 9.38. The van der Waals surface area contributed by atoms with Crippen molar-refractivity contribution in [2.24, 2.45) is 34.5 Å². The summed E-state index contributed by atoms with van der Waals surface area (Å²) in [6.07, 6.45) is 11.7. The Morgan fingerprint density at radius 2 is 1.85 bits per heavy atom. The second kappa shape index (κ2) is 11.4. The van der Waals surface area contributed by atoms with Crippen LogP contribution in [0.3, 0.4) is 0 Å². The fourth-order valence-electron chi connectivity index (χ4n) is 10.1. The quantitative estimate of drug-likeness (QED) is 0.214. The summed E-state index contributed by atoms with van der Waals surface area (Å²) in [7, 11) is 5.44. The number of hydrogen-bond donors (Lipinski definition) is 2. The maximum absolute atomic E-state index is 13.4. The first kappa shape index (κ1) is 30.7. The Morgan fingerprint density at radius 3 is 2.56 bits per heavy atom. The van der Waals surface area contributed by atoms with E-state index in [9.17, 15) is 9.90 Å². The van der Waals surface area contributed by atoms with E-state index in [-0.39, 0.29) is 20.8 Å². The van der Waals surface area contributed by atoms with Gasteiger partial charge < -0.3 is 15.2 Å². The summed E-state index contributed by atoms with van der Waals surface area (Å²) in [4.78, 5) is 13.4. The fraction of sp³-hybridized carbons (Fsp3) is 0.781. The van der Waals surface area contributed by atoms with Gasteiger partial charge in [0.1, 0.15) is 0 Å². The Balaban J connectivity index is 1.34. The van der Waals surface area contributed by atoms with Gasteiger partial charge in [-0.15, -0.1) is 18.5 Å². The summed E-state index contributed by atoms with van der Waals surface area (Å²) in [5.41, 5.74) is 0.617. The number of fused-ring (bicyclic) bond motifs is 5. The molecule has 0 heterocycles. The molecule has 0 aliphatic heterocycles. The van der Waals surface area contributed by atoms with Crippen LogP contribution in [-0.2, 0) is 4.74 Å². The maximum Gasteiger partial charge on any atom is 0.252 e. The molecule has 4 fully saturated rings. The smallest absolute Gasteiger partial charge is 0.252 e. The van der Waals surface area contributed by atoms with Gasteiger partial charge in [0.15, 0.2) is 0 Å². The number of aliphatic hydroxyl groups is 1. The molecule has 218 valence electrons. The second-order valence-corrected chi connectivity index (χ2v) is 17.4.